The van der Waals surface area contributed by atoms with Gasteiger partial charge in [-0.1, -0.05) is 6.07 Å². The summed E-state index contributed by atoms with van der Waals surface area (Å²) in [4.78, 5) is 25.9. The van der Waals surface area contributed by atoms with Crippen LogP contribution >= 0.6 is 11.3 Å². The first-order valence-corrected chi connectivity index (χ1v) is 7.25. The standard InChI is InChI=1S/C14H19NO3S/c1-13(2,3)18-12(17)15(8-9-16)14(6-7-14)11-5-4-10-19-11/h4-5,9-10H,6-8H2,1-3H3. The van der Waals surface area contributed by atoms with Crippen LogP contribution in [0.1, 0.15) is 38.5 Å². The molecule has 104 valence electrons. The summed E-state index contributed by atoms with van der Waals surface area (Å²) in [7, 11) is 0. The Morgan fingerprint density at radius 1 is 1.53 bits per heavy atom. The summed E-state index contributed by atoms with van der Waals surface area (Å²) in [5.41, 5.74) is -0.874. The molecule has 1 aliphatic carbocycles. The van der Waals surface area contributed by atoms with E-state index in [1.54, 1.807) is 16.2 Å². The highest BCUT2D eigenvalue weighted by molar-refractivity contribution is 7.10. The van der Waals surface area contributed by atoms with Crippen LogP contribution in [0.2, 0.25) is 0 Å². The van der Waals surface area contributed by atoms with Crippen molar-refractivity contribution < 1.29 is 14.3 Å². The molecule has 5 heteroatoms. The number of aldehydes is 1. The maximum absolute atomic E-state index is 12.3. The third kappa shape index (κ3) is 2.97. The first-order chi connectivity index (χ1) is 8.89. The second-order valence-corrected chi connectivity index (χ2v) is 6.71. The summed E-state index contributed by atoms with van der Waals surface area (Å²) in [6.07, 6.45) is 2.13. The molecule has 4 nitrogen and oxygen atoms in total. The predicted molar refractivity (Wildman–Crippen MR) is 74.2 cm³/mol. The predicted octanol–water partition coefficient (Wildman–Crippen LogP) is 3.17. The summed E-state index contributed by atoms with van der Waals surface area (Å²) in [6.45, 7) is 5.56. The highest BCUT2D eigenvalue weighted by Crippen LogP contribution is 2.52. The summed E-state index contributed by atoms with van der Waals surface area (Å²) < 4.78 is 5.41. The molecule has 0 aromatic carbocycles. The van der Waals surface area contributed by atoms with E-state index in [9.17, 15) is 9.59 Å². The molecule has 2 rings (SSSR count). The molecule has 1 amide bonds. The van der Waals surface area contributed by atoms with Crippen molar-refractivity contribution in [2.45, 2.75) is 44.8 Å². The van der Waals surface area contributed by atoms with Crippen LogP contribution in [0.4, 0.5) is 4.79 Å². The number of rotatable bonds is 4. The summed E-state index contributed by atoms with van der Waals surface area (Å²) in [5, 5.41) is 1.99. The second kappa shape index (κ2) is 4.96. The van der Waals surface area contributed by atoms with Gasteiger partial charge in [0.25, 0.3) is 0 Å². The molecule has 0 atom stereocenters. The molecule has 19 heavy (non-hydrogen) atoms. The number of ether oxygens (including phenoxy) is 1. The average molecular weight is 281 g/mol. The molecule has 0 unspecified atom stereocenters. The van der Waals surface area contributed by atoms with Crippen LogP contribution < -0.4 is 0 Å². The largest absolute Gasteiger partial charge is 0.444 e. The fourth-order valence-electron chi connectivity index (χ4n) is 2.13. The first-order valence-electron chi connectivity index (χ1n) is 6.37. The number of thiophene rings is 1. The van der Waals surface area contributed by atoms with E-state index in [0.717, 1.165) is 24.0 Å². The van der Waals surface area contributed by atoms with Crippen LogP contribution in [0.15, 0.2) is 17.5 Å². The normalized spacial score (nSPS) is 16.8. The highest BCUT2D eigenvalue weighted by atomic mass is 32.1. The van der Waals surface area contributed by atoms with Crippen molar-refractivity contribution in [3.8, 4) is 0 Å². The van der Waals surface area contributed by atoms with E-state index in [-0.39, 0.29) is 12.1 Å². The minimum Gasteiger partial charge on any atom is -0.444 e. The molecule has 1 aromatic heterocycles. The van der Waals surface area contributed by atoms with Gasteiger partial charge in [0, 0.05) is 4.88 Å². The van der Waals surface area contributed by atoms with Gasteiger partial charge in [0.05, 0.1) is 12.1 Å². The average Bonchev–Trinajstić information content (AvgIpc) is 2.89. The lowest BCUT2D eigenvalue weighted by atomic mass is 10.1. The smallest absolute Gasteiger partial charge is 0.411 e. The van der Waals surface area contributed by atoms with E-state index in [0.29, 0.717) is 0 Å². The molecule has 1 fully saturated rings. The molecule has 0 saturated heterocycles. The Morgan fingerprint density at radius 2 is 2.21 bits per heavy atom. The maximum atomic E-state index is 12.3. The number of nitrogens with zero attached hydrogens (tertiary/aromatic N) is 1. The highest BCUT2D eigenvalue weighted by Gasteiger charge is 2.53. The van der Waals surface area contributed by atoms with Gasteiger partial charge >= 0.3 is 6.09 Å². The number of hydrogen-bond donors (Lipinski definition) is 0. The van der Waals surface area contributed by atoms with Crippen LogP contribution in [0.3, 0.4) is 0 Å². The van der Waals surface area contributed by atoms with Gasteiger partial charge in [-0.25, -0.2) is 4.79 Å². The Labute approximate surface area is 117 Å². The zero-order valence-corrected chi connectivity index (χ0v) is 12.3. The number of amides is 1. The zero-order valence-electron chi connectivity index (χ0n) is 11.5. The van der Waals surface area contributed by atoms with Crippen molar-refractivity contribution in [2.24, 2.45) is 0 Å². The lowest BCUT2D eigenvalue weighted by molar-refractivity contribution is -0.109. The van der Waals surface area contributed by atoms with Gasteiger partial charge in [-0.3, -0.25) is 4.90 Å². The third-order valence-electron chi connectivity index (χ3n) is 3.09. The molecule has 0 radical (unpaired) electrons. The third-order valence-corrected chi connectivity index (χ3v) is 4.15. The minimum absolute atomic E-state index is 0.0762. The molecule has 1 heterocycles. The Kier molecular flexibility index (Phi) is 3.67. The van der Waals surface area contributed by atoms with E-state index in [4.69, 9.17) is 4.74 Å². The van der Waals surface area contributed by atoms with E-state index < -0.39 is 11.7 Å². The zero-order chi connectivity index (χ0) is 14.1. The molecule has 0 spiro atoms. The Balaban J connectivity index is 2.21. The van der Waals surface area contributed by atoms with Crippen molar-refractivity contribution in [2.75, 3.05) is 6.54 Å². The lowest BCUT2D eigenvalue weighted by Crippen LogP contribution is -2.44. The van der Waals surface area contributed by atoms with Gasteiger partial charge in [-0.2, -0.15) is 0 Å². The second-order valence-electron chi connectivity index (χ2n) is 5.77. The molecule has 1 aliphatic rings. The van der Waals surface area contributed by atoms with Crippen molar-refractivity contribution in [1.29, 1.82) is 0 Å². The molecule has 0 aliphatic heterocycles. The maximum Gasteiger partial charge on any atom is 0.411 e. The van der Waals surface area contributed by atoms with Crippen LogP contribution in [0, 0.1) is 0 Å². The van der Waals surface area contributed by atoms with E-state index in [1.165, 1.54) is 0 Å². The van der Waals surface area contributed by atoms with Crippen LogP contribution in [0.5, 0.6) is 0 Å². The first kappa shape index (κ1) is 14.1. The molecular weight excluding hydrogens is 262 g/mol. The monoisotopic (exact) mass is 281 g/mol. The molecule has 0 N–H and O–H groups in total. The van der Waals surface area contributed by atoms with Gasteiger partial charge in [0.1, 0.15) is 11.9 Å². The number of carbonyl (C=O) groups excluding carboxylic acids is 2. The van der Waals surface area contributed by atoms with Crippen molar-refractivity contribution >= 4 is 23.7 Å². The van der Waals surface area contributed by atoms with E-state index in [1.807, 2.05) is 38.3 Å². The van der Waals surface area contributed by atoms with Crippen molar-refractivity contribution in [1.82, 2.24) is 4.90 Å². The van der Waals surface area contributed by atoms with Crippen LogP contribution in [-0.4, -0.2) is 29.4 Å². The van der Waals surface area contributed by atoms with Gasteiger partial charge in [-0.15, -0.1) is 11.3 Å². The number of carbonyl (C=O) groups is 2. The molecule has 1 aromatic rings. The van der Waals surface area contributed by atoms with Crippen LogP contribution in [-0.2, 0) is 15.1 Å². The van der Waals surface area contributed by atoms with Crippen molar-refractivity contribution in [3.63, 3.8) is 0 Å². The lowest BCUT2D eigenvalue weighted by Gasteiger charge is -2.32. The Bertz CT molecular complexity index is 458. The summed E-state index contributed by atoms with van der Waals surface area (Å²) in [6, 6.07) is 3.98. The minimum atomic E-state index is -0.552. The summed E-state index contributed by atoms with van der Waals surface area (Å²) >= 11 is 1.62. The van der Waals surface area contributed by atoms with E-state index in [2.05, 4.69) is 0 Å². The number of hydrogen-bond acceptors (Lipinski definition) is 4. The summed E-state index contributed by atoms with van der Waals surface area (Å²) in [5.74, 6) is 0. The Morgan fingerprint density at radius 3 is 2.63 bits per heavy atom. The van der Waals surface area contributed by atoms with Gasteiger partial charge in [-0.05, 0) is 45.1 Å². The van der Waals surface area contributed by atoms with E-state index >= 15 is 0 Å². The van der Waals surface area contributed by atoms with Gasteiger partial charge in [0.15, 0.2) is 0 Å². The van der Waals surface area contributed by atoms with Crippen LogP contribution in [0.25, 0.3) is 0 Å². The van der Waals surface area contributed by atoms with Gasteiger partial charge in [0.2, 0.25) is 0 Å². The molecule has 0 bridgehead atoms. The molecule has 1 saturated carbocycles. The topological polar surface area (TPSA) is 46.6 Å². The SMILES string of the molecule is CC(C)(C)OC(=O)N(CC=O)C1(c2cccs2)CC1. The fourth-order valence-corrected chi connectivity index (χ4v) is 3.12. The van der Waals surface area contributed by atoms with Gasteiger partial charge < -0.3 is 9.53 Å². The quantitative estimate of drug-likeness (QED) is 0.796. The molecular formula is C14H19NO3S. The Hall–Kier alpha value is -1.36. The fraction of sp³-hybridized carbons (Fsp3) is 0.571. The van der Waals surface area contributed by atoms with Crippen molar-refractivity contribution in [3.05, 3.63) is 22.4 Å².